The zero-order valence-corrected chi connectivity index (χ0v) is 11.4. The highest BCUT2D eigenvalue weighted by Gasteiger charge is 2.40. The minimum Gasteiger partial charge on any atom is -0.448 e. The quantitative estimate of drug-likeness (QED) is 0.874. The van der Waals surface area contributed by atoms with Crippen molar-refractivity contribution in [3.63, 3.8) is 0 Å². The average molecular weight is 263 g/mol. The van der Waals surface area contributed by atoms with Gasteiger partial charge in [0.05, 0.1) is 12.6 Å². The molecular weight excluding hydrogens is 242 g/mol. The van der Waals surface area contributed by atoms with Crippen molar-refractivity contribution >= 4 is 5.91 Å². The van der Waals surface area contributed by atoms with E-state index in [9.17, 15) is 4.79 Å². The number of amides is 1. The van der Waals surface area contributed by atoms with E-state index in [1.807, 2.05) is 6.92 Å². The van der Waals surface area contributed by atoms with E-state index in [0.29, 0.717) is 12.5 Å². The summed E-state index contributed by atoms with van der Waals surface area (Å²) in [7, 11) is 0. The Morgan fingerprint density at radius 2 is 2.26 bits per heavy atom. The lowest BCUT2D eigenvalue weighted by Gasteiger charge is -2.26. The molecule has 1 unspecified atom stereocenters. The van der Waals surface area contributed by atoms with Crippen LogP contribution in [0.5, 0.6) is 0 Å². The number of carbonyl (C=O) groups excluding carboxylic acids is 1. The summed E-state index contributed by atoms with van der Waals surface area (Å²) in [6.45, 7) is 4.47. The van der Waals surface area contributed by atoms with Crippen molar-refractivity contribution in [2.75, 3.05) is 13.1 Å². The van der Waals surface area contributed by atoms with Crippen molar-refractivity contribution < 1.29 is 9.21 Å². The molecule has 5 nitrogen and oxygen atoms in total. The number of aryl methyl sites for hydroxylation is 1. The van der Waals surface area contributed by atoms with Crippen LogP contribution in [0, 0.1) is 12.8 Å². The number of aromatic nitrogens is 1. The highest BCUT2D eigenvalue weighted by Crippen LogP contribution is 2.36. The summed E-state index contributed by atoms with van der Waals surface area (Å²) in [5, 5.41) is 3.02. The molecule has 1 N–H and O–H groups in total. The number of oxazole rings is 1. The van der Waals surface area contributed by atoms with Crippen molar-refractivity contribution in [2.45, 2.75) is 45.2 Å². The molecule has 1 saturated carbocycles. The van der Waals surface area contributed by atoms with Gasteiger partial charge in [0.2, 0.25) is 5.91 Å². The molecule has 1 amide bonds. The maximum atomic E-state index is 12.4. The van der Waals surface area contributed by atoms with Gasteiger partial charge in [0.15, 0.2) is 6.39 Å². The van der Waals surface area contributed by atoms with Gasteiger partial charge in [0.1, 0.15) is 11.5 Å². The summed E-state index contributed by atoms with van der Waals surface area (Å²) in [6, 6.07) is 0.0784. The molecule has 5 heteroatoms. The zero-order chi connectivity index (χ0) is 13.2. The van der Waals surface area contributed by atoms with Gasteiger partial charge in [0, 0.05) is 0 Å². The smallest absolute Gasteiger partial charge is 0.237 e. The maximum Gasteiger partial charge on any atom is 0.237 e. The third kappa shape index (κ3) is 2.81. The summed E-state index contributed by atoms with van der Waals surface area (Å²) in [5.41, 5.74) is 0.823. The Morgan fingerprint density at radius 3 is 2.84 bits per heavy atom. The number of hydrogen-bond acceptors (Lipinski definition) is 4. The van der Waals surface area contributed by atoms with Gasteiger partial charge in [-0.15, -0.1) is 0 Å². The lowest BCUT2D eigenvalue weighted by Crippen LogP contribution is -2.47. The van der Waals surface area contributed by atoms with Gasteiger partial charge in [0.25, 0.3) is 0 Å². The van der Waals surface area contributed by atoms with E-state index >= 15 is 0 Å². The Balaban J connectivity index is 1.59. The Labute approximate surface area is 113 Å². The summed E-state index contributed by atoms with van der Waals surface area (Å²) >= 11 is 0. The molecule has 1 atom stereocenters. The molecule has 1 aromatic rings. The predicted molar refractivity (Wildman–Crippen MR) is 70.4 cm³/mol. The topological polar surface area (TPSA) is 58.4 Å². The van der Waals surface area contributed by atoms with Crippen LogP contribution in [0.3, 0.4) is 0 Å². The third-order valence-corrected chi connectivity index (χ3v) is 4.15. The Hall–Kier alpha value is -1.36. The average Bonchev–Trinajstić information content (AvgIpc) is 2.91. The van der Waals surface area contributed by atoms with E-state index in [-0.39, 0.29) is 11.9 Å². The number of likely N-dealkylation sites (tertiary alicyclic amines) is 1. The van der Waals surface area contributed by atoms with Crippen LogP contribution in [0.2, 0.25) is 0 Å². The zero-order valence-electron chi connectivity index (χ0n) is 11.4. The third-order valence-electron chi connectivity index (χ3n) is 4.15. The first-order valence-corrected chi connectivity index (χ1v) is 7.16. The second-order valence-electron chi connectivity index (χ2n) is 5.60. The van der Waals surface area contributed by atoms with Crippen molar-refractivity contribution in [3.8, 4) is 0 Å². The van der Waals surface area contributed by atoms with Gasteiger partial charge < -0.3 is 9.73 Å². The maximum absolute atomic E-state index is 12.4. The van der Waals surface area contributed by atoms with Crippen LogP contribution < -0.4 is 5.32 Å². The molecule has 1 aliphatic heterocycles. The van der Waals surface area contributed by atoms with Crippen LogP contribution in [-0.4, -0.2) is 34.9 Å². The van der Waals surface area contributed by atoms with Gasteiger partial charge in [-0.3, -0.25) is 9.69 Å². The van der Waals surface area contributed by atoms with E-state index in [1.165, 1.54) is 32.1 Å². The molecule has 0 aromatic carbocycles. The van der Waals surface area contributed by atoms with Crippen LogP contribution in [-0.2, 0) is 11.3 Å². The van der Waals surface area contributed by atoms with Gasteiger partial charge in [-0.05, 0) is 51.6 Å². The van der Waals surface area contributed by atoms with Crippen LogP contribution in [0.25, 0.3) is 0 Å². The molecule has 0 bridgehead atoms. The van der Waals surface area contributed by atoms with E-state index < -0.39 is 0 Å². The van der Waals surface area contributed by atoms with Gasteiger partial charge >= 0.3 is 0 Å². The molecule has 104 valence electrons. The molecule has 0 radical (unpaired) electrons. The normalized spacial score (nSPS) is 21.5. The number of rotatable bonds is 5. The van der Waals surface area contributed by atoms with Crippen molar-refractivity contribution in [1.29, 1.82) is 0 Å². The molecule has 19 heavy (non-hydrogen) atoms. The summed E-state index contributed by atoms with van der Waals surface area (Å²) in [5.74, 6) is 1.51. The lowest BCUT2D eigenvalue weighted by molar-refractivity contribution is -0.127. The fraction of sp³-hybridized carbons (Fsp3) is 0.714. The lowest BCUT2D eigenvalue weighted by atomic mass is 10.1. The summed E-state index contributed by atoms with van der Waals surface area (Å²) in [6.07, 6.45) is 6.25. The number of nitrogens with zero attached hydrogens (tertiary/aromatic N) is 2. The Kier molecular flexibility index (Phi) is 3.55. The minimum atomic E-state index is 0.0784. The van der Waals surface area contributed by atoms with Crippen molar-refractivity contribution in [3.05, 3.63) is 17.8 Å². The van der Waals surface area contributed by atoms with Crippen LogP contribution in [0.1, 0.15) is 37.1 Å². The monoisotopic (exact) mass is 263 g/mol. The molecule has 0 spiro atoms. The molecule has 3 rings (SSSR count). The fourth-order valence-corrected chi connectivity index (χ4v) is 2.88. The highest BCUT2D eigenvalue weighted by atomic mass is 16.3. The highest BCUT2D eigenvalue weighted by molar-refractivity contribution is 5.82. The first kappa shape index (κ1) is 12.7. The van der Waals surface area contributed by atoms with Gasteiger partial charge in [-0.2, -0.15) is 0 Å². The van der Waals surface area contributed by atoms with E-state index in [2.05, 4.69) is 15.2 Å². The Morgan fingerprint density at radius 1 is 1.53 bits per heavy atom. The standard InChI is InChI=1S/C14H21N3O2/c1-10-12(16-9-19-10)8-15-14(18)13(11-4-5-11)17-6-2-3-7-17/h9,11,13H,2-8H2,1H3,(H,15,18). The number of hydrogen-bond donors (Lipinski definition) is 1. The van der Waals surface area contributed by atoms with Crippen molar-refractivity contribution in [1.82, 2.24) is 15.2 Å². The van der Waals surface area contributed by atoms with Crippen LogP contribution in [0.4, 0.5) is 0 Å². The molecule has 2 fully saturated rings. The minimum absolute atomic E-state index is 0.0784. The number of nitrogens with one attached hydrogen (secondary N) is 1. The molecule has 1 aromatic heterocycles. The first-order chi connectivity index (χ1) is 9.25. The van der Waals surface area contributed by atoms with Gasteiger partial charge in [-0.25, -0.2) is 4.98 Å². The molecule has 1 aliphatic carbocycles. The molecule has 2 heterocycles. The van der Waals surface area contributed by atoms with Gasteiger partial charge in [-0.1, -0.05) is 0 Å². The molecule has 2 aliphatic rings. The first-order valence-electron chi connectivity index (χ1n) is 7.16. The predicted octanol–water partition coefficient (Wildman–Crippen LogP) is 1.47. The van der Waals surface area contributed by atoms with E-state index in [1.54, 1.807) is 0 Å². The van der Waals surface area contributed by atoms with Crippen LogP contribution >= 0.6 is 0 Å². The second kappa shape index (κ2) is 5.33. The second-order valence-corrected chi connectivity index (χ2v) is 5.60. The molecular formula is C14H21N3O2. The van der Waals surface area contributed by atoms with E-state index in [4.69, 9.17) is 4.42 Å². The SMILES string of the molecule is Cc1ocnc1CNC(=O)C(C1CC1)N1CCCC1. The molecule has 1 saturated heterocycles. The number of carbonyl (C=O) groups is 1. The Bertz CT molecular complexity index is 447. The van der Waals surface area contributed by atoms with Crippen molar-refractivity contribution in [2.24, 2.45) is 5.92 Å². The largest absolute Gasteiger partial charge is 0.448 e. The van der Waals surface area contributed by atoms with E-state index in [0.717, 1.165) is 24.5 Å². The van der Waals surface area contributed by atoms with Crippen LogP contribution in [0.15, 0.2) is 10.8 Å². The fourth-order valence-electron chi connectivity index (χ4n) is 2.88. The summed E-state index contributed by atoms with van der Waals surface area (Å²) < 4.78 is 5.14. The summed E-state index contributed by atoms with van der Waals surface area (Å²) in [4.78, 5) is 18.9.